The molecule has 0 atom stereocenters. The first kappa shape index (κ1) is 12.7. The van der Waals surface area contributed by atoms with Crippen LogP contribution in [0.3, 0.4) is 0 Å². The summed E-state index contributed by atoms with van der Waals surface area (Å²) in [7, 11) is 0. The maximum atomic E-state index is 11.5. The van der Waals surface area contributed by atoms with Crippen LogP contribution in [-0.2, 0) is 12.3 Å². The molecule has 92 valence electrons. The molecule has 0 radical (unpaired) electrons. The zero-order chi connectivity index (χ0) is 12.3. The number of nitrogens with zero attached hydrogens (tertiary/aromatic N) is 2. The molecule has 0 spiro atoms. The first-order valence-electron chi connectivity index (χ1n) is 5.23. The summed E-state index contributed by atoms with van der Waals surface area (Å²) in [5.41, 5.74) is -0.140. The average molecular weight is 290 g/mol. The number of aromatic nitrogens is 3. The van der Waals surface area contributed by atoms with E-state index < -0.39 is 0 Å². The van der Waals surface area contributed by atoms with E-state index in [0.717, 1.165) is 21.7 Å². The van der Waals surface area contributed by atoms with E-state index in [-0.39, 0.29) is 5.69 Å². The lowest BCUT2D eigenvalue weighted by Crippen LogP contribution is -2.17. The molecule has 0 aliphatic heterocycles. The van der Waals surface area contributed by atoms with Crippen molar-refractivity contribution in [2.45, 2.75) is 30.8 Å². The third-order valence-corrected chi connectivity index (χ3v) is 4.58. The highest BCUT2D eigenvalue weighted by atomic mass is 35.5. The first-order chi connectivity index (χ1) is 8.20. The van der Waals surface area contributed by atoms with Crippen molar-refractivity contribution in [2.75, 3.05) is 0 Å². The minimum absolute atomic E-state index is 0.140. The topological polar surface area (TPSA) is 50.7 Å². The molecule has 1 N–H and O–H groups in total. The Bertz CT molecular complexity index is 546. The molecule has 7 heteroatoms. The standard InChI is InChI=1S/C10H12ClN3OS2/c1-2-5-14-9(15)12-13-10(14)16-6-7-3-4-8(11)17-7/h3-4H,2,5-6H2,1H3,(H,12,15). The van der Waals surface area contributed by atoms with Crippen molar-refractivity contribution >= 4 is 34.7 Å². The zero-order valence-electron chi connectivity index (χ0n) is 9.27. The van der Waals surface area contributed by atoms with Crippen molar-refractivity contribution in [1.29, 1.82) is 0 Å². The van der Waals surface area contributed by atoms with Crippen LogP contribution in [0.15, 0.2) is 22.1 Å². The Hall–Kier alpha value is -0.720. The van der Waals surface area contributed by atoms with E-state index in [4.69, 9.17) is 11.6 Å². The second-order valence-corrected chi connectivity index (χ2v) is 6.20. The molecular formula is C10H12ClN3OS2. The van der Waals surface area contributed by atoms with Gasteiger partial charge < -0.3 is 0 Å². The summed E-state index contributed by atoms with van der Waals surface area (Å²) in [6.07, 6.45) is 0.915. The van der Waals surface area contributed by atoms with Gasteiger partial charge in [-0.2, -0.15) is 0 Å². The molecule has 0 bridgehead atoms. The fourth-order valence-electron chi connectivity index (χ4n) is 1.40. The lowest BCUT2D eigenvalue weighted by Gasteiger charge is -2.01. The van der Waals surface area contributed by atoms with Gasteiger partial charge in [0.25, 0.3) is 0 Å². The molecule has 2 heterocycles. The summed E-state index contributed by atoms with van der Waals surface area (Å²) in [6, 6.07) is 3.88. The summed E-state index contributed by atoms with van der Waals surface area (Å²) in [4.78, 5) is 12.6. The molecule has 0 aliphatic carbocycles. The Morgan fingerprint density at radius 1 is 1.59 bits per heavy atom. The predicted molar refractivity (Wildman–Crippen MR) is 72.0 cm³/mol. The van der Waals surface area contributed by atoms with Crippen LogP contribution in [0, 0.1) is 0 Å². The molecule has 2 rings (SSSR count). The maximum Gasteiger partial charge on any atom is 0.343 e. The number of aromatic amines is 1. The average Bonchev–Trinajstić information content (AvgIpc) is 2.86. The van der Waals surface area contributed by atoms with E-state index in [1.807, 2.05) is 19.1 Å². The second-order valence-electron chi connectivity index (χ2n) is 3.46. The molecule has 2 aromatic heterocycles. The van der Waals surface area contributed by atoms with Gasteiger partial charge in [0.2, 0.25) is 0 Å². The summed E-state index contributed by atoms with van der Waals surface area (Å²) < 4.78 is 2.45. The van der Waals surface area contributed by atoms with E-state index in [1.165, 1.54) is 4.88 Å². The highest BCUT2D eigenvalue weighted by Crippen LogP contribution is 2.27. The summed E-state index contributed by atoms with van der Waals surface area (Å²) >= 11 is 8.96. The van der Waals surface area contributed by atoms with Crippen molar-refractivity contribution in [3.05, 3.63) is 31.8 Å². The van der Waals surface area contributed by atoms with Crippen LogP contribution in [-0.4, -0.2) is 14.8 Å². The molecule has 0 aliphatic rings. The molecule has 0 saturated heterocycles. The number of hydrogen-bond donors (Lipinski definition) is 1. The molecular weight excluding hydrogens is 278 g/mol. The van der Waals surface area contributed by atoms with Gasteiger partial charge in [0.1, 0.15) is 0 Å². The lowest BCUT2D eigenvalue weighted by atomic mass is 10.5. The highest BCUT2D eigenvalue weighted by molar-refractivity contribution is 7.98. The number of H-pyrrole nitrogens is 1. The number of rotatable bonds is 5. The molecule has 0 aromatic carbocycles. The largest absolute Gasteiger partial charge is 0.343 e. The maximum absolute atomic E-state index is 11.5. The summed E-state index contributed by atoms with van der Waals surface area (Å²) in [6.45, 7) is 2.73. The van der Waals surface area contributed by atoms with Crippen LogP contribution < -0.4 is 5.69 Å². The van der Waals surface area contributed by atoms with Gasteiger partial charge in [-0.1, -0.05) is 30.3 Å². The van der Waals surface area contributed by atoms with Crippen LogP contribution in [0.4, 0.5) is 0 Å². The van der Waals surface area contributed by atoms with Crippen molar-refractivity contribution in [1.82, 2.24) is 14.8 Å². The first-order valence-corrected chi connectivity index (χ1v) is 7.41. The molecule has 0 fully saturated rings. The SMILES string of the molecule is CCCn1c(SCc2ccc(Cl)s2)n[nH]c1=O. The minimum Gasteiger partial charge on any atom is -0.270 e. The van der Waals surface area contributed by atoms with E-state index in [9.17, 15) is 4.79 Å². The molecule has 0 saturated carbocycles. The molecule has 0 unspecified atom stereocenters. The van der Waals surface area contributed by atoms with Gasteiger partial charge in [0, 0.05) is 17.2 Å². The third kappa shape index (κ3) is 3.14. The second kappa shape index (κ2) is 5.75. The highest BCUT2D eigenvalue weighted by Gasteiger charge is 2.08. The monoisotopic (exact) mass is 289 g/mol. The van der Waals surface area contributed by atoms with Gasteiger partial charge >= 0.3 is 5.69 Å². The van der Waals surface area contributed by atoms with Crippen LogP contribution in [0.1, 0.15) is 18.2 Å². The Morgan fingerprint density at radius 2 is 2.41 bits per heavy atom. The number of halogens is 1. The normalized spacial score (nSPS) is 10.9. The summed E-state index contributed by atoms with van der Waals surface area (Å²) in [5.74, 6) is 0.783. The number of thiophene rings is 1. The molecule has 17 heavy (non-hydrogen) atoms. The fraction of sp³-hybridized carbons (Fsp3) is 0.400. The molecule has 0 amide bonds. The van der Waals surface area contributed by atoms with Gasteiger partial charge in [-0.05, 0) is 18.6 Å². The van der Waals surface area contributed by atoms with Gasteiger partial charge in [-0.25, -0.2) is 9.89 Å². The van der Waals surface area contributed by atoms with E-state index >= 15 is 0 Å². The van der Waals surface area contributed by atoms with Crippen LogP contribution in [0.5, 0.6) is 0 Å². The Kier molecular flexibility index (Phi) is 4.31. The molecule has 4 nitrogen and oxygen atoms in total. The lowest BCUT2D eigenvalue weighted by molar-refractivity contribution is 0.604. The van der Waals surface area contributed by atoms with Crippen LogP contribution in [0.25, 0.3) is 0 Å². The number of hydrogen-bond acceptors (Lipinski definition) is 4. The van der Waals surface area contributed by atoms with E-state index in [2.05, 4.69) is 10.2 Å². The number of thioether (sulfide) groups is 1. The van der Waals surface area contributed by atoms with Gasteiger partial charge in [-0.15, -0.1) is 16.4 Å². The van der Waals surface area contributed by atoms with Crippen LogP contribution >= 0.6 is 34.7 Å². The zero-order valence-corrected chi connectivity index (χ0v) is 11.7. The van der Waals surface area contributed by atoms with Gasteiger partial charge in [0.05, 0.1) is 4.34 Å². The smallest absolute Gasteiger partial charge is 0.270 e. The van der Waals surface area contributed by atoms with Crippen molar-refractivity contribution in [3.8, 4) is 0 Å². The minimum atomic E-state index is -0.140. The predicted octanol–water partition coefficient (Wildman–Crippen LogP) is 2.99. The Balaban J connectivity index is 2.06. The van der Waals surface area contributed by atoms with E-state index in [1.54, 1.807) is 27.7 Å². The quantitative estimate of drug-likeness (QED) is 0.861. The van der Waals surface area contributed by atoms with Gasteiger partial charge in [0.15, 0.2) is 5.16 Å². The Labute approximate surface area is 112 Å². The third-order valence-electron chi connectivity index (χ3n) is 2.14. The van der Waals surface area contributed by atoms with Gasteiger partial charge in [-0.3, -0.25) is 4.57 Å². The van der Waals surface area contributed by atoms with Crippen LogP contribution in [0.2, 0.25) is 4.34 Å². The van der Waals surface area contributed by atoms with E-state index in [0.29, 0.717) is 6.54 Å². The van der Waals surface area contributed by atoms with Crippen molar-refractivity contribution in [3.63, 3.8) is 0 Å². The van der Waals surface area contributed by atoms with Crippen molar-refractivity contribution in [2.24, 2.45) is 0 Å². The molecule has 2 aromatic rings. The number of nitrogens with one attached hydrogen (secondary N) is 1. The Morgan fingerprint density at radius 3 is 3.06 bits per heavy atom. The van der Waals surface area contributed by atoms with Crippen molar-refractivity contribution < 1.29 is 0 Å². The summed E-state index contributed by atoms with van der Waals surface area (Å²) in [5, 5.41) is 7.23. The fourth-order valence-corrected chi connectivity index (χ4v) is 3.50.